The summed E-state index contributed by atoms with van der Waals surface area (Å²) in [6.07, 6.45) is 4.42. The van der Waals surface area contributed by atoms with Gasteiger partial charge in [-0.15, -0.1) is 0 Å². The van der Waals surface area contributed by atoms with Gasteiger partial charge in [-0.25, -0.2) is 0 Å². The molecule has 0 amide bonds. The van der Waals surface area contributed by atoms with Crippen LogP contribution in [0.4, 0.5) is 0 Å². The van der Waals surface area contributed by atoms with E-state index in [0.29, 0.717) is 6.04 Å². The Balaban J connectivity index is 1.99. The quantitative estimate of drug-likeness (QED) is 0.874. The maximum Gasteiger partial charge on any atom is 0.0749 e. The Hall–Kier alpha value is -1.41. The summed E-state index contributed by atoms with van der Waals surface area (Å²) in [5.41, 5.74) is 2.54. The van der Waals surface area contributed by atoms with Crippen molar-refractivity contribution in [1.82, 2.24) is 10.3 Å². The second-order valence-electron chi connectivity index (χ2n) is 5.73. The molecule has 3 atom stereocenters. The van der Waals surface area contributed by atoms with Crippen LogP contribution >= 0.6 is 0 Å². The van der Waals surface area contributed by atoms with E-state index >= 15 is 0 Å². The highest BCUT2D eigenvalue weighted by atomic mass is 14.9. The van der Waals surface area contributed by atoms with Crippen LogP contribution in [0.2, 0.25) is 0 Å². The van der Waals surface area contributed by atoms with Crippen molar-refractivity contribution in [3.63, 3.8) is 0 Å². The van der Waals surface area contributed by atoms with Crippen molar-refractivity contribution in [2.45, 2.75) is 32.7 Å². The standard InChI is InChI=1S/C17H22N2/c1-3-9-18-17(15-11-12(15)2)14-8-4-6-13-7-5-10-19-16(13)14/h4-8,10,12,15,17-18H,3,9,11H2,1-2H3. The average Bonchev–Trinajstić information content (AvgIpc) is 3.16. The first-order valence-corrected chi connectivity index (χ1v) is 7.38. The van der Waals surface area contributed by atoms with E-state index in [0.717, 1.165) is 23.9 Å². The van der Waals surface area contributed by atoms with Crippen LogP contribution < -0.4 is 5.32 Å². The van der Waals surface area contributed by atoms with E-state index in [1.165, 1.54) is 23.8 Å². The Morgan fingerprint density at radius 1 is 1.32 bits per heavy atom. The minimum atomic E-state index is 0.466. The zero-order valence-corrected chi connectivity index (χ0v) is 11.8. The molecule has 1 fully saturated rings. The number of aromatic nitrogens is 1. The Morgan fingerprint density at radius 2 is 2.11 bits per heavy atom. The van der Waals surface area contributed by atoms with Gasteiger partial charge >= 0.3 is 0 Å². The van der Waals surface area contributed by atoms with Crippen molar-refractivity contribution in [2.24, 2.45) is 11.8 Å². The number of pyridine rings is 1. The van der Waals surface area contributed by atoms with Crippen LogP contribution in [0.15, 0.2) is 36.5 Å². The summed E-state index contributed by atoms with van der Waals surface area (Å²) in [6.45, 7) is 5.66. The van der Waals surface area contributed by atoms with Crippen molar-refractivity contribution in [3.05, 3.63) is 42.1 Å². The van der Waals surface area contributed by atoms with E-state index in [2.05, 4.69) is 48.4 Å². The average molecular weight is 254 g/mol. The molecule has 1 heterocycles. The summed E-state index contributed by atoms with van der Waals surface area (Å²) in [4.78, 5) is 4.61. The number of nitrogens with one attached hydrogen (secondary N) is 1. The van der Waals surface area contributed by atoms with Crippen molar-refractivity contribution < 1.29 is 0 Å². The number of nitrogens with zero attached hydrogens (tertiary/aromatic N) is 1. The molecular weight excluding hydrogens is 232 g/mol. The van der Waals surface area contributed by atoms with Gasteiger partial charge in [0.15, 0.2) is 0 Å². The van der Waals surface area contributed by atoms with E-state index in [9.17, 15) is 0 Å². The van der Waals surface area contributed by atoms with Crippen LogP contribution in [0.1, 0.15) is 38.3 Å². The maximum absolute atomic E-state index is 4.61. The second kappa shape index (κ2) is 5.30. The van der Waals surface area contributed by atoms with Gasteiger partial charge in [0.25, 0.3) is 0 Å². The SMILES string of the molecule is CCCNC(c1cccc2cccnc12)C1CC1C. The van der Waals surface area contributed by atoms with Gasteiger partial charge < -0.3 is 5.32 Å². The van der Waals surface area contributed by atoms with Gasteiger partial charge in [0, 0.05) is 17.6 Å². The van der Waals surface area contributed by atoms with Gasteiger partial charge in [-0.1, -0.05) is 38.1 Å². The number of benzene rings is 1. The topological polar surface area (TPSA) is 24.9 Å². The highest BCUT2D eigenvalue weighted by molar-refractivity contribution is 5.82. The number of rotatable bonds is 5. The van der Waals surface area contributed by atoms with E-state index in [1.807, 2.05) is 12.3 Å². The monoisotopic (exact) mass is 254 g/mol. The predicted octanol–water partition coefficient (Wildman–Crippen LogP) is 3.93. The van der Waals surface area contributed by atoms with Gasteiger partial charge in [-0.2, -0.15) is 0 Å². The van der Waals surface area contributed by atoms with Crippen LogP contribution in [0.5, 0.6) is 0 Å². The minimum Gasteiger partial charge on any atom is -0.310 e. The molecule has 0 radical (unpaired) electrons. The molecule has 1 aromatic heterocycles. The fourth-order valence-corrected chi connectivity index (χ4v) is 2.99. The molecular formula is C17H22N2. The molecule has 0 aliphatic heterocycles. The minimum absolute atomic E-state index is 0.466. The Bertz CT molecular complexity index is 559. The zero-order chi connectivity index (χ0) is 13.2. The van der Waals surface area contributed by atoms with E-state index in [-0.39, 0.29) is 0 Å². The number of hydrogen-bond acceptors (Lipinski definition) is 2. The first-order valence-electron chi connectivity index (χ1n) is 7.38. The van der Waals surface area contributed by atoms with Crippen molar-refractivity contribution in [1.29, 1.82) is 0 Å². The normalized spacial score (nSPS) is 23.5. The van der Waals surface area contributed by atoms with Crippen LogP contribution in [-0.4, -0.2) is 11.5 Å². The van der Waals surface area contributed by atoms with Gasteiger partial charge in [0.05, 0.1) is 5.52 Å². The predicted molar refractivity (Wildman–Crippen MR) is 80.0 cm³/mol. The molecule has 3 rings (SSSR count). The molecule has 2 aromatic rings. The fourth-order valence-electron chi connectivity index (χ4n) is 2.99. The van der Waals surface area contributed by atoms with Crippen molar-refractivity contribution in [2.75, 3.05) is 6.54 Å². The molecule has 1 aliphatic rings. The number of para-hydroxylation sites is 1. The maximum atomic E-state index is 4.61. The van der Waals surface area contributed by atoms with Crippen LogP contribution in [-0.2, 0) is 0 Å². The molecule has 0 bridgehead atoms. The zero-order valence-electron chi connectivity index (χ0n) is 11.8. The lowest BCUT2D eigenvalue weighted by atomic mass is 9.98. The van der Waals surface area contributed by atoms with Crippen molar-refractivity contribution in [3.8, 4) is 0 Å². The number of hydrogen-bond donors (Lipinski definition) is 1. The summed E-state index contributed by atoms with van der Waals surface area (Å²) in [7, 11) is 0. The molecule has 19 heavy (non-hydrogen) atoms. The van der Waals surface area contributed by atoms with Gasteiger partial charge in [-0.05, 0) is 42.9 Å². The third-order valence-corrected chi connectivity index (χ3v) is 4.21. The van der Waals surface area contributed by atoms with Gasteiger partial charge in [-0.3, -0.25) is 4.98 Å². The Kier molecular flexibility index (Phi) is 3.52. The molecule has 2 heteroatoms. The molecule has 1 N–H and O–H groups in total. The summed E-state index contributed by atoms with van der Waals surface area (Å²) < 4.78 is 0. The highest BCUT2D eigenvalue weighted by Crippen LogP contribution is 2.47. The summed E-state index contributed by atoms with van der Waals surface area (Å²) in [6, 6.07) is 11.2. The van der Waals surface area contributed by atoms with Crippen LogP contribution in [0.25, 0.3) is 10.9 Å². The molecule has 0 saturated heterocycles. The third-order valence-electron chi connectivity index (χ3n) is 4.21. The van der Waals surface area contributed by atoms with Gasteiger partial charge in [0.2, 0.25) is 0 Å². The molecule has 1 aliphatic carbocycles. The molecule has 1 saturated carbocycles. The third kappa shape index (κ3) is 2.50. The first-order chi connectivity index (χ1) is 9.31. The Morgan fingerprint density at radius 3 is 2.84 bits per heavy atom. The van der Waals surface area contributed by atoms with E-state index in [4.69, 9.17) is 0 Å². The fraction of sp³-hybridized carbons (Fsp3) is 0.471. The molecule has 100 valence electrons. The molecule has 2 nitrogen and oxygen atoms in total. The second-order valence-corrected chi connectivity index (χ2v) is 5.73. The summed E-state index contributed by atoms with van der Waals surface area (Å²) in [5.74, 6) is 1.62. The summed E-state index contributed by atoms with van der Waals surface area (Å²) in [5, 5.41) is 4.98. The summed E-state index contributed by atoms with van der Waals surface area (Å²) >= 11 is 0. The smallest absolute Gasteiger partial charge is 0.0749 e. The van der Waals surface area contributed by atoms with Crippen LogP contribution in [0, 0.1) is 11.8 Å². The highest BCUT2D eigenvalue weighted by Gasteiger charge is 2.40. The van der Waals surface area contributed by atoms with Crippen LogP contribution in [0.3, 0.4) is 0 Å². The van der Waals surface area contributed by atoms with E-state index < -0.39 is 0 Å². The molecule has 1 aromatic carbocycles. The number of fused-ring (bicyclic) bond motifs is 1. The molecule has 0 spiro atoms. The Labute approximate surface area is 115 Å². The molecule has 3 unspecified atom stereocenters. The lowest BCUT2D eigenvalue weighted by Gasteiger charge is -2.20. The van der Waals surface area contributed by atoms with E-state index in [1.54, 1.807) is 0 Å². The lowest BCUT2D eigenvalue weighted by Crippen LogP contribution is -2.24. The van der Waals surface area contributed by atoms with Crippen molar-refractivity contribution >= 4 is 10.9 Å². The first kappa shape index (κ1) is 12.6. The largest absolute Gasteiger partial charge is 0.310 e. The lowest BCUT2D eigenvalue weighted by molar-refractivity contribution is 0.465. The van der Waals surface area contributed by atoms with Gasteiger partial charge in [0.1, 0.15) is 0 Å².